The van der Waals surface area contributed by atoms with Crippen LogP contribution >= 0.6 is 0 Å². The van der Waals surface area contributed by atoms with Crippen molar-refractivity contribution < 1.29 is 45.7 Å². The highest BCUT2D eigenvalue weighted by Gasteiger charge is 2.48. The molecular formula is C28H21F4N5O5S. The number of anilines is 1. The van der Waals surface area contributed by atoms with Gasteiger partial charge in [0.2, 0.25) is 5.69 Å². The van der Waals surface area contributed by atoms with E-state index in [1.165, 1.54) is 48.3 Å². The van der Waals surface area contributed by atoms with Crippen molar-refractivity contribution in [2.75, 3.05) is 17.9 Å². The Labute approximate surface area is 241 Å². The zero-order chi connectivity index (χ0) is 30.5. The standard InChI is InChI=1S/C28H21F4N5O5S/c1-35-24-19-8-6-16(15-4-3-5-18(10-15)43(2,39)40)11-20(19)36-21(17-7-9-22-23(12-17)42-28(31,32)41-22)13-33-37(36)25(24)26(34-35)27(29,30)14-38/h3-13,37-38H,14H2,1-2H3. The molecule has 0 fully saturated rings. The van der Waals surface area contributed by atoms with Gasteiger partial charge >= 0.3 is 12.2 Å². The van der Waals surface area contributed by atoms with E-state index in [-0.39, 0.29) is 27.2 Å². The first-order valence-corrected chi connectivity index (χ1v) is 14.7. The molecular weight excluding hydrogens is 594 g/mol. The van der Waals surface area contributed by atoms with Crippen molar-refractivity contribution in [2.24, 2.45) is 7.05 Å². The molecule has 3 aliphatic rings. The van der Waals surface area contributed by atoms with Gasteiger partial charge in [0.1, 0.15) is 18.0 Å². The lowest BCUT2D eigenvalue weighted by Gasteiger charge is -2.39. The number of fused-ring (bicyclic) bond motifs is 7. The van der Waals surface area contributed by atoms with Gasteiger partial charge in [-0.05, 0) is 53.6 Å². The van der Waals surface area contributed by atoms with Crippen molar-refractivity contribution in [3.63, 3.8) is 0 Å². The first-order valence-electron chi connectivity index (χ1n) is 12.8. The zero-order valence-corrected chi connectivity index (χ0v) is 23.2. The second kappa shape index (κ2) is 8.95. The van der Waals surface area contributed by atoms with Crippen LogP contribution in [0.2, 0.25) is 0 Å². The minimum atomic E-state index is -3.84. The number of nitrogens with zero attached hydrogens (tertiary/aromatic N) is 4. The minimum Gasteiger partial charge on any atom is -0.461 e. The summed E-state index contributed by atoms with van der Waals surface area (Å²) >= 11 is 0. The predicted octanol–water partition coefficient (Wildman–Crippen LogP) is 4.12. The number of hydrogen-bond donors (Lipinski definition) is 2. The normalized spacial score (nSPS) is 18.1. The summed E-state index contributed by atoms with van der Waals surface area (Å²) in [4.78, 5) is 0.119. The van der Waals surface area contributed by atoms with Crippen LogP contribution in [-0.2, 0) is 22.8 Å². The Balaban J connectivity index is 1.43. The predicted molar refractivity (Wildman–Crippen MR) is 145 cm³/mol. The van der Waals surface area contributed by atoms with Gasteiger partial charge in [0, 0.05) is 24.4 Å². The molecule has 0 spiro atoms. The Kier molecular flexibility index (Phi) is 5.67. The van der Waals surface area contributed by atoms with Gasteiger partial charge in [0.05, 0.1) is 10.6 Å². The van der Waals surface area contributed by atoms with Crippen LogP contribution in [0.5, 0.6) is 11.5 Å². The molecule has 1 unspecified atom stereocenters. The lowest BCUT2D eigenvalue weighted by atomic mass is 9.97. The molecule has 3 aliphatic heterocycles. The van der Waals surface area contributed by atoms with Crippen LogP contribution in [0.15, 0.2) is 71.8 Å². The number of aryl methyl sites for hydroxylation is 1. The number of benzene rings is 3. The Bertz CT molecular complexity index is 1980. The Hall–Kier alpha value is -4.60. The number of alkyl halides is 4. The highest BCUT2D eigenvalue weighted by Crippen LogP contribution is 2.49. The van der Waals surface area contributed by atoms with Gasteiger partial charge in [-0.1, -0.05) is 18.2 Å². The number of nitrogens with one attached hydrogen (secondary N) is 1. The molecule has 2 N–H and O–H groups in total. The van der Waals surface area contributed by atoms with Gasteiger partial charge in [-0.25, -0.2) is 13.5 Å². The van der Waals surface area contributed by atoms with Crippen molar-refractivity contribution >= 4 is 26.9 Å². The van der Waals surface area contributed by atoms with E-state index in [2.05, 4.69) is 20.0 Å². The van der Waals surface area contributed by atoms with Crippen molar-refractivity contribution in [3.05, 3.63) is 83.5 Å². The van der Waals surface area contributed by atoms with E-state index in [4.69, 9.17) is 0 Å². The van der Waals surface area contributed by atoms with Crippen molar-refractivity contribution in [1.82, 2.24) is 9.78 Å². The third kappa shape index (κ3) is 4.22. The number of rotatable bonds is 5. The van der Waals surface area contributed by atoms with Gasteiger partial charge < -0.3 is 20.0 Å². The van der Waals surface area contributed by atoms with Crippen molar-refractivity contribution in [3.8, 4) is 33.9 Å². The lowest BCUT2D eigenvalue weighted by Crippen LogP contribution is -3.09. The van der Waals surface area contributed by atoms with E-state index in [0.29, 0.717) is 39.3 Å². The third-order valence-corrected chi connectivity index (χ3v) is 8.47. The molecule has 0 saturated heterocycles. The molecule has 4 heterocycles. The first kappa shape index (κ1) is 27.2. The molecule has 7 rings (SSSR count). The molecule has 10 nitrogen and oxygen atoms in total. The van der Waals surface area contributed by atoms with Gasteiger partial charge in [-0.3, -0.25) is 4.68 Å². The molecule has 43 heavy (non-hydrogen) atoms. The van der Waals surface area contributed by atoms with E-state index in [1.807, 2.05) is 0 Å². The highest BCUT2D eigenvalue weighted by molar-refractivity contribution is 7.90. The fraction of sp³-hybridized carbons (Fsp3) is 0.179. The van der Waals surface area contributed by atoms with Crippen molar-refractivity contribution in [2.45, 2.75) is 17.1 Å². The fourth-order valence-corrected chi connectivity index (χ4v) is 6.13. The SMILES string of the molecule is Cn1nc(C(F)(F)CO)c2c1-c1ccc(-c3cccc(S(C)(=O)=O)c3)cc1N1C(c3ccc4c(c3)OC(F)(F)O4)=C[N-][NH+]21. The van der Waals surface area contributed by atoms with Gasteiger partial charge in [-0.15, -0.1) is 15.0 Å². The number of aliphatic hydroxyl groups excluding tert-OH is 1. The number of hydrogen-bond acceptors (Lipinski definition) is 7. The Morgan fingerprint density at radius 1 is 1.02 bits per heavy atom. The lowest BCUT2D eigenvalue weighted by molar-refractivity contribution is -0.787. The molecule has 0 aliphatic carbocycles. The number of ether oxygens (including phenoxy) is 2. The van der Waals surface area contributed by atoms with Gasteiger partial charge in [0.25, 0.3) is 0 Å². The number of sulfone groups is 1. The monoisotopic (exact) mass is 615 g/mol. The van der Waals surface area contributed by atoms with E-state index in [9.17, 15) is 22.3 Å². The summed E-state index contributed by atoms with van der Waals surface area (Å²) < 4.78 is 92.4. The number of aliphatic hydroxyl groups is 1. The average Bonchev–Trinajstić information content (AvgIpc) is 3.64. The molecule has 3 aromatic carbocycles. The van der Waals surface area contributed by atoms with Crippen LogP contribution < -0.4 is 19.6 Å². The van der Waals surface area contributed by atoms with E-state index in [1.54, 1.807) is 35.3 Å². The molecule has 1 atom stereocenters. The Morgan fingerprint density at radius 3 is 2.49 bits per heavy atom. The molecule has 0 saturated carbocycles. The topological polar surface area (TPSA) is 112 Å². The van der Waals surface area contributed by atoms with Crippen LogP contribution in [0.4, 0.5) is 28.9 Å². The van der Waals surface area contributed by atoms with E-state index < -0.39 is 34.4 Å². The zero-order valence-electron chi connectivity index (χ0n) is 22.3. The summed E-state index contributed by atoms with van der Waals surface area (Å²) in [6.07, 6.45) is -1.32. The molecule has 0 radical (unpaired) electrons. The minimum absolute atomic E-state index is 0.000555. The van der Waals surface area contributed by atoms with Gasteiger partial charge in [-0.2, -0.15) is 18.9 Å². The molecule has 4 aromatic rings. The fourth-order valence-electron chi connectivity index (χ4n) is 5.46. The maximum absolute atomic E-state index is 15.0. The molecule has 0 bridgehead atoms. The average molecular weight is 616 g/mol. The second-order valence-electron chi connectivity index (χ2n) is 10.2. The summed E-state index contributed by atoms with van der Waals surface area (Å²) in [5.41, 5.74) is 7.02. The maximum Gasteiger partial charge on any atom is 0.586 e. The summed E-state index contributed by atoms with van der Waals surface area (Å²) in [6.45, 7) is -1.48. The van der Waals surface area contributed by atoms with E-state index in [0.717, 1.165) is 6.26 Å². The van der Waals surface area contributed by atoms with Crippen LogP contribution in [0.3, 0.4) is 0 Å². The Morgan fingerprint density at radius 2 is 1.74 bits per heavy atom. The number of halogens is 4. The maximum atomic E-state index is 15.0. The highest BCUT2D eigenvalue weighted by atomic mass is 32.2. The summed E-state index contributed by atoms with van der Waals surface area (Å²) in [7, 11) is -2.00. The smallest absolute Gasteiger partial charge is 0.461 e. The molecule has 222 valence electrons. The molecule has 0 amide bonds. The molecule has 1 aromatic heterocycles. The number of quaternary nitrogens is 1. The van der Waals surface area contributed by atoms with Crippen molar-refractivity contribution in [1.29, 1.82) is 0 Å². The van der Waals surface area contributed by atoms with Crippen LogP contribution in [0.1, 0.15) is 11.3 Å². The second-order valence-corrected chi connectivity index (χ2v) is 12.2. The first-order chi connectivity index (χ1) is 20.3. The quantitative estimate of drug-likeness (QED) is 0.325. The third-order valence-electron chi connectivity index (χ3n) is 7.36. The summed E-state index contributed by atoms with van der Waals surface area (Å²) in [5.74, 6) is -4.08. The largest absolute Gasteiger partial charge is 0.586 e. The van der Waals surface area contributed by atoms with E-state index >= 15 is 8.78 Å². The molecule has 15 heteroatoms. The summed E-state index contributed by atoms with van der Waals surface area (Å²) in [6, 6.07) is 15.7. The van der Waals surface area contributed by atoms with Crippen LogP contribution in [0, 0.1) is 0 Å². The van der Waals surface area contributed by atoms with Crippen LogP contribution in [-0.4, -0.2) is 42.5 Å². The summed E-state index contributed by atoms with van der Waals surface area (Å²) in [5, 5.41) is 15.2. The van der Waals surface area contributed by atoms with Gasteiger partial charge in [0.15, 0.2) is 27.0 Å². The number of aromatic nitrogens is 2. The van der Waals surface area contributed by atoms with Crippen LogP contribution in [0.25, 0.3) is 33.5 Å².